The summed E-state index contributed by atoms with van der Waals surface area (Å²) in [5, 5.41) is 3.20. The third kappa shape index (κ3) is 2.54. The number of hydrogen-bond donors (Lipinski definition) is 1. The molecule has 70 valence electrons. The maximum Gasteiger partial charge on any atom is 0.151 e. The summed E-state index contributed by atoms with van der Waals surface area (Å²) < 4.78 is 0. The minimum absolute atomic E-state index is 0.355. The molecule has 0 unspecified atom stereocenters. The van der Waals surface area contributed by atoms with E-state index in [1.54, 1.807) is 6.20 Å². The molecule has 0 aromatic carbocycles. The van der Waals surface area contributed by atoms with E-state index in [2.05, 4.69) is 24.1 Å². The molecule has 0 spiro atoms. The summed E-state index contributed by atoms with van der Waals surface area (Å²) in [6.07, 6.45) is 2.38. The summed E-state index contributed by atoms with van der Waals surface area (Å²) >= 11 is 0. The van der Waals surface area contributed by atoms with Gasteiger partial charge in [-0.15, -0.1) is 0 Å². The zero-order chi connectivity index (χ0) is 9.84. The maximum atomic E-state index is 10.4. The van der Waals surface area contributed by atoms with Crippen LogP contribution >= 0.6 is 0 Å². The lowest BCUT2D eigenvalue weighted by atomic mass is 10.2. The molecular formula is C10H14N2O. The van der Waals surface area contributed by atoms with Crippen LogP contribution in [0.4, 0.5) is 5.82 Å². The molecule has 0 bridgehead atoms. The number of aldehydes is 1. The van der Waals surface area contributed by atoms with Crippen molar-refractivity contribution in [2.24, 2.45) is 0 Å². The van der Waals surface area contributed by atoms with Crippen molar-refractivity contribution in [2.45, 2.75) is 26.8 Å². The zero-order valence-corrected chi connectivity index (χ0v) is 8.16. The van der Waals surface area contributed by atoms with Crippen LogP contribution in [0.5, 0.6) is 0 Å². The fourth-order valence-corrected chi connectivity index (χ4v) is 1.09. The Kier molecular flexibility index (Phi) is 3.01. The van der Waals surface area contributed by atoms with Crippen molar-refractivity contribution >= 4 is 12.1 Å². The number of pyridine rings is 1. The number of hydrogen-bond acceptors (Lipinski definition) is 3. The van der Waals surface area contributed by atoms with E-state index in [4.69, 9.17) is 0 Å². The molecule has 13 heavy (non-hydrogen) atoms. The summed E-state index contributed by atoms with van der Waals surface area (Å²) in [5.41, 5.74) is 1.62. The van der Waals surface area contributed by atoms with E-state index in [-0.39, 0.29) is 0 Å². The topological polar surface area (TPSA) is 42.0 Å². The molecule has 3 heteroatoms. The van der Waals surface area contributed by atoms with Crippen LogP contribution in [0.3, 0.4) is 0 Å². The SMILES string of the molecule is Cc1cc(C=O)cnc1NC(C)C. The quantitative estimate of drug-likeness (QED) is 0.720. The molecule has 0 aliphatic rings. The predicted molar refractivity (Wildman–Crippen MR) is 53.1 cm³/mol. The van der Waals surface area contributed by atoms with Gasteiger partial charge < -0.3 is 5.32 Å². The fourth-order valence-electron chi connectivity index (χ4n) is 1.09. The van der Waals surface area contributed by atoms with Crippen LogP contribution in [0.2, 0.25) is 0 Å². The minimum atomic E-state index is 0.355. The molecule has 0 radical (unpaired) electrons. The van der Waals surface area contributed by atoms with Crippen molar-refractivity contribution in [1.29, 1.82) is 0 Å². The molecule has 1 N–H and O–H groups in total. The second-order valence-corrected chi connectivity index (χ2v) is 3.35. The first-order chi connectivity index (χ1) is 6.13. The number of carbonyl (C=O) groups excluding carboxylic acids is 1. The number of aryl methyl sites for hydroxylation is 1. The Labute approximate surface area is 78.2 Å². The van der Waals surface area contributed by atoms with E-state index in [0.717, 1.165) is 17.7 Å². The summed E-state index contributed by atoms with van der Waals surface area (Å²) in [5.74, 6) is 0.848. The Morgan fingerprint density at radius 1 is 1.54 bits per heavy atom. The van der Waals surface area contributed by atoms with Gasteiger partial charge in [0.25, 0.3) is 0 Å². The molecule has 0 fully saturated rings. The average Bonchev–Trinajstić information content (AvgIpc) is 2.08. The largest absolute Gasteiger partial charge is 0.368 e. The Bertz CT molecular complexity index is 308. The van der Waals surface area contributed by atoms with Crippen LogP contribution in [-0.2, 0) is 0 Å². The number of anilines is 1. The van der Waals surface area contributed by atoms with Gasteiger partial charge in [0.15, 0.2) is 6.29 Å². The lowest BCUT2D eigenvalue weighted by Gasteiger charge is -2.11. The van der Waals surface area contributed by atoms with Crippen molar-refractivity contribution < 1.29 is 4.79 Å². The van der Waals surface area contributed by atoms with Crippen molar-refractivity contribution in [3.8, 4) is 0 Å². The highest BCUT2D eigenvalue weighted by atomic mass is 16.1. The van der Waals surface area contributed by atoms with Crippen LogP contribution in [0, 0.1) is 6.92 Å². The normalized spacial score (nSPS) is 10.2. The molecule has 1 aromatic heterocycles. The van der Waals surface area contributed by atoms with Gasteiger partial charge in [0.05, 0.1) is 0 Å². The summed E-state index contributed by atoms with van der Waals surface area (Å²) in [6, 6.07) is 2.18. The molecular weight excluding hydrogens is 164 g/mol. The van der Waals surface area contributed by atoms with Crippen molar-refractivity contribution in [1.82, 2.24) is 4.98 Å². The number of aromatic nitrogens is 1. The van der Waals surface area contributed by atoms with Crippen LogP contribution in [0.1, 0.15) is 29.8 Å². The summed E-state index contributed by atoms with van der Waals surface area (Å²) in [4.78, 5) is 14.6. The first-order valence-corrected chi connectivity index (χ1v) is 4.32. The fraction of sp³-hybridized carbons (Fsp3) is 0.400. The van der Waals surface area contributed by atoms with Gasteiger partial charge in [0.1, 0.15) is 5.82 Å². The van der Waals surface area contributed by atoms with Gasteiger partial charge in [-0.05, 0) is 32.4 Å². The molecule has 0 saturated carbocycles. The first-order valence-electron chi connectivity index (χ1n) is 4.32. The highest BCUT2D eigenvalue weighted by Crippen LogP contribution is 2.12. The van der Waals surface area contributed by atoms with E-state index < -0.39 is 0 Å². The average molecular weight is 178 g/mol. The molecule has 0 aliphatic carbocycles. The van der Waals surface area contributed by atoms with E-state index in [1.165, 1.54) is 0 Å². The summed E-state index contributed by atoms with van der Waals surface area (Å²) in [7, 11) is 0. The Morgan fingerprint density at radius 2 is 2.23 bits per heavy atom. The third-order valence-electron chi connectivity index (χ3n) is 1.66. The number of carbonyl (C=O) groups is 1. The smallest absolute Gasteiger partial charge is 0.151 e. The Morgan fingerprint density at radius 3 is 2.69 bits per heavy atom. The van der Waals surface area contributed by atoms with Gasteiger partial charge in [-0.1, -0.05) is 0 Å². The molecule has 1 rings (SSSR count). The number of nitrogens with one attached hydrogen (secondary N) is 1. The molecule has 1 heterocycles. The monoisotopic (exact) mass is 178 g/mol. The van der Waals surface area contributed by atoms with Crippen LogP contribution in [0.15, 0.2) is 12.3 Å². The predicted octanol–water partition coefficient (Wildman–Crippen LogP) is 2.02. The first kappa shape index (κ1) is 9.71. The second kappa shape index (κ2) is 4.03. The van der Waals surface area contributed by atoms with Gasteiger partial charge in [-0.25, -0.2) is 4.98 Å². The molecule has 0 aliphatic heterocycles. The second-order valence-electron chi connectivity index (χ2n) is 3.35. The summed E-state index contributed by atoms with van der Waals surface area (Å²) in [6.45, 7) is 6.04. The van der Waals surface area contributed by atoms with Crippen LogP contribution < -0.4 is 5.32 Å². The van der Waals surface area contributed by atoms with E-state index in [0.29, 0.717) is 11.6 Å². The Hall–Kier alpha value is -1.38. The highest BCUT2D eigenvalue weighted by molar-refractivity contribution is 5.75. The van der Waals surface area contributed by atoms with E-state index in [9.17, 15) is 4.79 Å². The highest BCUT2D eigenvalue weighted by Gasteiger charge is 2.01. The standard InChI is InChI=1S/C10H14N2O/c1-7(2)12-10-8(3)4-9(6-13)5-11-10/h4-7H,1-3H3,(H,11,12). The van der Waals surface area contributed by atoms with Gasteiger partial charge in [-0.3, -0.25) is 4.79 Å². The van der Waals surface area contributed by atoms with Crippen LogP contribution in [-0.4, -0.2) is 17.3 Å². The van der Waals surface area contributed by atoms with Crippen molar-refractivity contribution in [3.05, 3.63) is 23.4 Å². The minimum Gasteiger partial charge on any atom is -0.368 e. The lowest BCUT2D eigenvalue weighted by molar-refractivity contribution is 0.112. The Balaban J connectivity index is 2.91. The van der Waals surface area contributed by atoms with Gasteiger partial charge >= 0.3 is 0 Å². The van der Waals surface area contributed by atoms with E-state index >= 15 is 0 Å². The van der Waals surface area contributed by atoms with Gasteiger partial charge in [-0.2, -0.15) is 0 Å². The molecule has 1 aromatic rings. The van der Waals surface area contributed by atoms with Crippen molar-refractivity contribution in [3.63, 3.8) is 0 Å². The molecule has 0 amide bonds. The van der Waals surface area contributed by atoms with Gasteiger partial charge in [0.2, 0.25) is 0 Å². The van der Waals surface area contributed by atoms with E-state index in [1.807, 2.05) is 13.0 Å². The third-order valence-corrected chi connectivity index (χ3v) is 1.66. The maximum absolute atomic E-state index is 10.4. The molecule has 0 atom stereocenters. The zero-order valence-electron chi connectivity index (χ0n) is 8.16. The number of rotatable bonds is 3. The number of nitrogens with zero attached hydrogens (tertiary/aromatic N) is 1. The van der Waals surface area contributed by atoms with Gasteiger partial charge in [0, 0.05) is 17.8 Å². The molecule has 0 saturated heterocycles. The van der Waals surface area contributed by atoms with Crippen LogP contribution in [0.25, 0.3) is 0 Å². The lowest BCUT2D eigenvalue weighted by Crippen LogP contribution is -2.12. The van der Waals surface area contributed by atoms with Crippen molar-refractivity contribution in [2.75, 3.05) is 5.32 Å². The molecule has 3 nitrogen and oxygen atoms in total.